The van der Waals surface area contributed by atoms with E-state index in [0.717, 1.165) is 5.69 Å². The Morgan fingerprint density at radius 3 is 2.67 bits per heavy atom. The molecule has 0 aliphatic heterocycles. The van der Waals surface area contributed by atoms with Crippen molar-refractivity contribution in [3.8, 4) is 0 Å². The van der Waals surface area contributed by atoms with Crippen LogP contribution in [0.15, 0.2) is 18.3 Å². The van der Waals surface area contributed by atoms with Crippen molar-refractivity contribution in [1.82, 2.24) is 4.57 Å². The van der Waals surface area contributed by atoms with Crippen LogP contribution in [0.25, 0.3) is 0 Å². The van der Waals surface area contributed by atoms with E-state index in [0.29, 0.717) is 0 Å². The van der Waals surface area contributed by atoms with E-state index in [9.17, 15) is 0 Å². The molecule has 1 rings (SSSR count). The van der Waals surface area contributed by atoms with Crippen molar-refractivity contribution >= 4 is 0 Å². The van der Waals surface area contributed by atoms with E-state index < -0.39 is 0 Å². The Labute approximate surface area is 53.2 Å². The smallest absolute Gasteiger partial charge is 0.119 e. The molecular formula is C6H9NO2. The average molecular weight is 127 g/mol. The summed E-state index contributed by atoms with van der Waals surface area (Å²) < 4.78 is 1.57. The van der Waals surface area contributed by atoms with Crippen molar-refractivity contribution in [3.63, 3.8) is 0 Å². The highest BCUT2D eigenvalue weighted by Gasteiger charge is 1.94. The highest BCUT2D eigenvalue weighted by atomic mass is 16.3. The minimum atomic E-state index is -0.0666. The van der Waals surface area contributed by atoms with E-state index in [2.05, 4.69) is 0 Å². The fraction of sp³-hybridized carbons (Fsp3) is 0.333. The van der Waals surface area contributed by atoms with Gasteiger partial charge in [-0.25, -0.2) is 0 Å². The van der Waals surface area contributed by atoms with Crippen LogP contribution in [0.4, 0.5) is 0 Å². The maximum absolute atomic E-state index is 8.61. The molecule has 0 radical (unpaired) electrons. The Kier molecular flexibility index (Phi) is 1.87. The van der Waals surface area contributed by atoms with E-state index in [1.54, 1.807) is 22.9 Å². The van der Waals surface area contributed by atoms with Crippen LogP contribution in [-0.2, 0) is 13.3 Å². The van der Waals surface area contributed by atoms with Gasteiger partial charge in [-0.3, -0.25) is 0 Å². The van der Waals surface area contributed by atoms with Crippen molar-refractivity contribution < 1.29 is 10.2 Å². The maximum Gasteiger partial charge on any atom is 0.119 e. The van der Waals surface area contributed by atoms with Gasteiger partial charge in [0.05, 0.1) is 6.61 Å². The number of aliphatic hydroxyl groups excluding tert-OH is 2. The summed E-state index contributed by atoms with van der Waals surface area (Å²) >= 11 is 0. The molecule has 1 heterocycles. The molecule has 0 fully saturated rings. The molecule has 0 unspecified atom stereocenters. The van der Waals surface area contributed by atoms with Gasteiger partial charge in [0, 0.05) is 11.9 Å². The first kappa shape index (κ1) is 6.32. The van der Waals surface area contributed by atoms with Crippen molar-refractivity contribution in [3.05, 3.63) is 24.0 Å². The van der Waals surface area contributed by atoms with Crippen LogP contribution >= 0.6 is 0 Å². The molecule has 50 valence electrons. The molecule has 0 saturated heterocycles. The molecule has 0 atom stereocenters. The molecule has 3 heteroatoms. The predicted octanol–water partition coefficient (Wildman–Crippen LogP) is -0.0698. The van der Waals surface area contributed by atoms with Gasteiger partial charge in [-0.05, 0) is 12.1 Å². The molecule has 1 aromatic heterocycles. The topological polar surface area (TPSA) is 45.4 Å². The second kappa shape index (κ2) is 2.66. The van der Waals surface area contributed by atoms with Crippen LogP contribution in [0.2, 0.25) is 0 Å². The Morgan fingerprint density at radius 1 is 1.44 bits per heavy atom. The highest BCUT2D eigenvalue weighted by molar-refractivity contribution is 5.04. The summed E-state index contributed by atoms with van der Waals surface area (Å²) in [5.74, 6) is 0. The Balaban J connectivity index is 2.85. The van der Waals surface area contributed by atoms with Crippen LogP contribution in [0, 0.1) is 0 Å². The van der Waals surface area contributed by atoms with Crippen LogP contribution in [-0.4, -0.2) is 14.8 Å². The summed E-state index contributed by atoms with van der Waals surface area (Å²) in [5.41, 5.74) is 0.734. The molecule has 0 aliphatic carbocycles. The van der Waals surface area contributed by atoms with Gasteiger partial charge in [0.2, 0.25) is 0 Å². The SMILES string of the molecule is OCc1cccn1CO. The molecule has 0 saturated carbocycles. The van der Waals surface area contributed by atoms with Gasteiger partial charge < -0.3 is 14.8 Å². The van der Waals surface area contributed by atoms with Gasteiger partial charge >= 0.3 is 0 Å². The second-order valence-electron chi connectivity index (χ2n) is 1.77. The van der Waals surface area contributed by atoms with E-state index >= 15 is 0 Å². The summed E-state index contributed by atoms with van der Waals surface area (Å²) in [5, 5.41) is 17.2. The third kappa shape index (κ3) is 1.12. The number of rotatable bonds is 2. The number of aromatic nitrogens is 1. The van der Waals surface area contributed by atoms with E-state index in [1.807, 2.05) is 0 Å². The lowest BCUT2D eigenvalue weighted by atomic mass is 10.5. The fourth-order valence-corrected chi connectivity index (χ4v) is 0.731. The largest absolute Gasteiger partial charge is 0.390 e. The fourth-order valence-electron chi connectivity index (χ4n) is 0.731. The summed E-state index contributed by atoms with van der Waals surface area (Å²) in [6.45, 7) is -0.0869. The number of hydrogen-bond donors (Lipinski definition) is 2. The van der Waals surface area contributed by atoms with E-state index in [1.165, 1.54) is 0 Å². The van der Waals surface area contributed by atoms with Gasteiger partial charge in [-0.15, -0.1) is 0 Å². The van der Waals surface area contributed by atoms with Gasteiger partial charge in [0.15, 0.2) is 0 Å². The maximum atomic E-state index is 8.61. The Bertz CT molecular complexity index is 164. The molecule has 0 aromatic carbocycles. The van der Waals surface area contributed by atoms with Gasteiger partial charge in [-0.1, -0.05) is 0 Å². The Morgan fingerprint density at radius 2 is 2.22 bits per heavy atom. The van der Waals surface area contributed by atoms with Gasteiger partial charge in [0.25, 0.3) is 0 Å². The predicted molar refractivity (Wildman–Crippen MR) is 32.6 cm³/mol. The molecule has 9 heavy (non-hydrogen) atoms. The molecule has 0 spiro atoms. The lowest BCUT2D eigenvalue weighted by molar-refractivity contribution is 0.192. The van der Waals surface area contributed by atoms with Crippen LogP contribution < -0.4 is 0 Å². The third-order valence-corrected chi connectivity index (χ3v) is 1.24. The summed E-state index contributed by atoms with van der Waals surface area (Å²) in [6.07, 6.45) is 1.71. The Hall–Kier alpha value is -0.800. The van der Waals surface area contributed by atoms with Crippen LogP contribution in [0.1, 0.15) is 5.69 Å². The highest BCUT2D eigenvalue weighted by Crippen LogP contribution is 1.99. The monoisotopic (exact) mass is 127 g/mol. The lowest BCUT2D eigenvalue weighted by Crippen LogP contribution is -1.99. The first-order valence-corrected chi connectivity index (χ1v) is 2.74. The molecule has 0 aliphatic rings. The molecule has 2 N–H and O–H groups in total. The number of hydrogen-bond acceptors (Lipinski definition) is 2. The van der Waals surface area contributed by atoms with E-state index in [4.69, 9.17) is 10.2 Å². The average Bonchev–Trinajstić information content (AvgIpc) is 2.33. The summed E-state index contributed by atoms with van der Waals surface area (Å²) in [7, 11) is 0. The van der Waals surface area contributed by atoms with Gasteiger partial charge in [-0.2, -0.15) is 0 Å². The molecule has 0 bridgehead atoms. The van der Waals surface area contributed by atoms with E-state index in [-0.39, 0.29) is 13.3 Å². The lowest BCUT2D eigenvalue weighted by Gasteiger charge is -1.99. The summed E-state index contributed by atoms with van der Waals surface area (Å²) in [6, 6.07) is 3.54. The first-order valence-electron chi connectivity index (χ1n) is 2.74. The first-order chi connectivity index (χ1) is 4.38. The minimum Gasteiger partial charge on any atom is -0.390 e. The minimum absolute atomic E-state index is 0.0203. The van der Waals surface area contributed by atoms with Crippen molar-refractivity contribution in [2.45, 2.75) is 13.3 Å². The quantitative estimate of drug-likeness (QED) is 0.584. The van der Waals surface area contributed by atoms with Crippen molar-refractivity contribution in [1.29, 1.82) is 0 Å². The zero-order valence-electron chi connectivity index (χ0n) is 4.99. The number of nitrogens with zero attached hydrogens (tertiary/aromatic N) is 1. The third-order valence-electron chi connectivity index (χ3n) is 1.24. The summed E-state index contributed by atoms with van der Waals surface area (Å²) in [4.78, 5) is 0. The second-order valence-corrected chi connectivity index (χ2v) is 1.77. The molecule has 1 aromatic rings. The van der Waals surface area contributed by atoms with Crippen molar-refractivity contribution in [2.24, 2.45) is 0 Å². The molecule has 0 amide bonds. The molecule has 3 nitrogen and oxygen atoms in total. The molecular weight excluding hydrogens is 118 g/mol. The normalized spacial score (nSPS) is 10.0. The zero-order valence-corrected chi connectivity index (χ0v) is 4.99. The number of aliphatic hydroxyl groups is 2. The zero-order chi connectivity index (χ0) is 6.69. The van der Waals surface area contributed by atoms with Crippen LogP contribution in [0.5, 0.6) is 0 Å². The van der Waals surface area contributed by atoms with Crippen molar-refractivity contribution in [2.75, 3.05) is 0 Å². The standard InChI is InChI=1S/C6H9NO2/c8-4-6-2-1-3-7(6)5-9/h1-3,8-9H,4-5H2. The van der Waals surface area contributed by atoms with Crippen LogP contribution in [0.3, 0.4) is 0 Å². The van der Waals surface area contributed by atoms with Gasteiger partial charge in [0.1, 0.15) is 6.73 Å².